The molecule has 1 fully saturated rings. The monoisotopic (exact) mass is 322 g/mol. The molecule has 0 bridgehead atoms. The molecular weight excluding hydrogens is 300 g/mol. The lowest BCUT2D eigenvalue weighted by atomic mass is 9.59. The van der Waals surface area contributed by atoms with E-state index in [0.29, 0.717) is 10.7 Å². The normalized spacial score (nSPS) is 36.1. The highest BCUT2D eigenvalue weighted by molar-refractivity contribution is 9.09. The van der Waals surface area contributed by atoms with Gasteiger partial charge in [-0.2, -0.15) is 0 Å². The zero-order valence-electron chi connectivity index (χ0n) is 12.3. The van der Waals surface area contributed by atoms with Gasteiger partial charge in [0, 0.05) is 10.7 Å². The first-order valence-corrected chi connectivity index (χ1v) is 8.17. The smallest absolute Gasteiger partial charge is 0.123 e. The molecule has 1 aromatic rings. The fourth-order valence-electron chi connectivity index (χ4n) is 4.00. The van der Waals surface area contributed by atoms with E-state index in [-0.39, 0.29) is 11.0 Å². The van der Waals surface area contributed by atoms with Gasteiger partial charge in [-0.1, -0.05) is 47.5 Å². The van der Waals surface area contributed by atoms with Crippen molar-refractivity contribution in [2.75, 3.05) is 0 Å². The van der Waals surface area contributed by atoms with Gasteiger partial charge in [-0.25, -0.2) is 0 Å². The number of alkyl halides is 1. The van der Waals surface area contributed by atoms with E-state index in [1.807, 2.05) is 0 Å². The first-order valence-electron chi connectivity index (χ1n) is 7.25. The molecule has 0 spiro atoms. The van der Waals surface area contributed by atoms with Crippen LogP contribution in [-0.2, 0) is 6.42 Å². The number of aryl methyl sites for hydroxylation is 1. The summed E-state index contributed by atoms with van der Waals surface area (Å²) in [5, 5.41) is 0. The summed E-state index contributed by atoms with van der Waals surface area (Å²) in [7, 11) is 0. The first kappa shape index (κ1) is 13.5. The molecule has 1 saturated carbocycles. The molecule has 0 radical (unpaired) electrons. The van der Waals surface area contributed by atoms with E-state index < -0.39 is 0 Å². The van der Waals surface area contributed by atoms with Crippen molar-refractivity contribution in [2.45, 2.75) is 57.4 Å². The van der Waals surface area contributed by atoms with Gasteiger partial charge in [0.15, 0.2) is 0 Å². The number of fused-ring (bicyclic) bond motifs is 2. The third-order valence-corrected chi connectivity index (χ3v) is 6.96. The average molecular weight is 323 g/mol. The van der Waals surface area contributed by atoms with Crippen molar-refractivity contribution >= 4 is 15.9 Å². The van der Waals surface area contributed by atoms with Crippen LogP contribution >= 0.6 is 15.9 Å². The lowest BCUT2D eigenvalue weighted by Crippen LogP contribution is -2.57. The summed E-state index contributed by atoms with van der Waals surface area (Å²) in [6.07, 6.45) is 3.48. The van der Waals surface area contributed by atoms with Gasteiger partial charge in [0.05, 0.1) is 0 Å². The fraction of sp³-hybridized carbons (Fsp3) is 0.647. The second-order valence-electron chi connectivity index (χ2n) is 7.11. The maximum absolute atomic E-state index is 6.44. The van der Waals surface area contributed by atoms with Crippen LogP contribution in [0.1, 0.15) is 44.7 Å². The first-order chi connectivity index (χ1) is 8.83. The summed E-state index contributed by atoms with van der Waals surface area (Å²) in [6.45, 7) is 9.24. The summed E-state index contributed by atoms with van der Waals surface area (Å²) < 4.78 is 6.44. The van der Waals surface area contributed by atoms with Crippen LogP contribution in [0.15, 0.2) is 18.2 Å². The van der Waals surface area contributed by atoms with Gasteiger partial charge in [-0.05, 0) is 50.2 Å². The van der Waals surface area contributed by atoms with Gasteiger partial charge in [0.2, 0.25) is 0 Å². The Hall–Kier alpha value is -0.500. The molecule has 0 aromatic heterocycles. The van der Waals surface area contributed by atoms with Crippen LogP contribution < -0.4 is 4.74 Å². The molecule has 0 saturated heterocycles. The van der Waals surface area contributed by atoms with Gasteiger partial charge in [0.1, 0.15) is 11.4 Å². The van der Waals surface area contributed by atoms with E-state index in [0.717, 1.165) is 18.6 Å². The molecule has 2 heteroatoms. The minimum atomic E-state index is -0.00394. The molecule has 0 amide bonds. The molecule has 3 rings (SSSR count). The molecule has 2 aliphatic rings. The number of hydrogen-bond donors (Lipinski definition) is 0. The fourth-order valence-corrected chi connectivity index (χ4v) is 4.55. The predicted octanol–water partition coefficient (Wildman–Crippen LogP) is 4.89. The van der Waals surface area contributed by atoms with Crippen LogP contribution in [0.25, 0.3) is 0 Å². The number of rotatable bonds is 0. The van der Waals surface area contributed by atoms with Gasteiger partial charge < -0.3 is 4.74 Å². The van der Waals surface area contributed by atoms with Crippen LogP contribution in [0, 0.1) is 18.3 Å². The van der Waals surface area contributed by atoms with Crippen molar-refractivity contribution < 1.29 is 4.74 Å². The van der Waals surface area contributed by atoms with E-state index in [1.54, 1.807) is 0 Å². The van der Waals surface area contributed by atoms with Gasteiger partial charge in [-0.15, -0.1) is 0 Å². The number of benzene rings is 1. The molecule has 1 aromatic carbocycles. The Labute approximate surface area is 124 Å². The van der Waals surface area contributed by atoms with E-state index >= 15 is 0 Å². The zero-order chi connectivity index (χ0) is 13.8. The lowest BCUT2D eigenvalue weighted by molar-refractivity contribution is -0.0772. The Morgan fingerprint density at radius 2 is 2.00 bits per heavy atom. The number of ether oxygens (including phenoxy) is 1. The van der Waals surface area contributed by atoms with E-state index in [2.05, 4.69) is 61.8 Å². The van der Waals surface area contributed by atoms with Crippen LogP contribution in [0.3, 0.4) is 0 Å². The molecule has 1 aliphatic heterocycles. The Morgan fingerprint density at radius 1 is 1.26 bits per heavy atom. The largest absolute Gasteiger partial charge is 0.487 e. The standard InChI is InChI=1S/C17H23BrO/c1-11-5-6-13-12(9-11)10-14-16(2,3)15(18)7-8-17(14,4)19-13/h5-6,9,14-15H,7-8,10H2,1-4H3/t14-,15-,17-/m0/s1. The minimum absolute atomic E-state index is 0.00394. The second kappa shape index (κ2) is 4.25. The number of hydrogen-bond acceptors (Lipinski definition) is 1. The topological polar surface area (TPSA) is 9.23 Å². The summed E-state index contributed by atoms with van der Waals surface area (Å²) >= 11 is 3.89. The van der Waals surface area contributed by atoms with Gasteiger partial charge in [0.25, 0.3) is 0 Å². The number of halogens is 1. The summed E-state index contributed by atoms with van der Waals surface area (Å²) in [5.41, 5.74) is 2.98. The molecule has 1 heterocycles. The minimum Gasteiger partial charge on any atom is -0.487 e. The second-order valence-corrected chi connectivity index (χ2v) is 8.22. The van der Waals surface area contributed by atoms with Crippen molar-refractivity contribution in [3.05, 3.63) is 29.3 Å². The predicted molar refractivity (Wildman–Crippen MR) is 83.1 cm³/mol. The van der Waals surface area contributed by atoms with Crippen molar-refractivity contribution in [3.8, 4) is 5.75 Å². The lowest BCUT2D eigenvalue weighted by Gasteiger charge is -2.55. The Bertz CT molecular complexity index is 508. The van der Waals surface area contributed by atoms with Gasteiger partial charge in [-0.3, -0.25) is 0 Å². The maximum atomic E-state index is 6.44. The highest BCUT2D eigenvalue weighted by atomic mass is 79.9. The van der Waals surface area contributed by atoms with Crippen LogP contribution in [0.5, 0.6) is 5.75 Å². The van der Waals surface area contributed by atoms with Crippen LogP contribution in [0.2, 0.25) is 0 Å². The molecule has 1 nitrogen and oxygen atoms in total. The highest BCUT2D eigenvalue weighted by Gasteiger charge is 2.53. The molecule has 19 heavy (non-hydrogen) atoms. The maximum Gasteiger partial charge on any atom is 0.123 e. The molecule has 0 N–H and O–H groups in total. The zero-order valence-corrected chi connectivity index (χ0v) is 13.9. The van der Waals surface area contributed by atoms with Gasteiger partial charge >= 0.3 is 0 Å². The summed E-state index contributed by atoms with van der Waals surface area (Å²) in [4.78, 5) is 0.591. The molecule has 0 unspecified atom stereocenters. The molecular formula is C17H23BrO. The van der Waals surface area contributed by atoms with Crippen molar-refractivity contribution in [3.63, 3.8) is 0 Å². The van der Waals surface area contributed by atoms with Crippen molar-refractivity contribution in [2.24, 2.45) is 11.3 Å². The van der Waals surface area contributed by atoms with Crippen LogP contribution in [-0.4, -0.2) is 10.4 Å². The Kier molecular flexibility index (Phi) is 3.01. The Morgan fingerprint density at radius 3 is 2.74 bits per heavy atom. The van der Waals surface area contributed by atoms with Crippen molar-refractivity contribution in [1.29, 1.82) is 0 Å². The summed E-state index contributed by atoms with van der Waals surface area (Å²) in [5.74, 6) is 1.68. The van der Waals surface area contributed by atoms with Crippen molar-refractivity contribution in [1.82, 2.24) is 0 Å². The Balaban J connectivity index is 2.04. The third kappa shape index (κ3) is 2.03. The van der Waals surface area contributed by atoms with E-state index in [1.165, 1.54) is 17.5 Å². The molecule has 1 aliphatic carbocycles. The molecule has 3 atom stereocenters. The molecule has 104 valence electrons. The third-order valence-electron chi connectivity index (χ3n) is 5.32. The average Bonchev–Trinajstić information content (AvgIpc) is 2.34. The van der Waals surface area contributed by atoms with E-state index in [9.17, 15) is 0 Å². The van der Waals surface area contributed by atoms with E-state index in [4.69, 9.17) is 4.74 Å². The highest BCUT2D eigenvalue weighted by Crippen LogP contribution is 2.54. The SMILES string of the molecule is Cc1ccc2c(c1)C[C@H]1C(C)(C)[C@@H](Br)CC[C@]1(C)O2. The quantitative estimate of drug-likeness (QED) is 0.618. The van der Waals surface area contributed by atoms with Crippen LogP contribution in [0.4, 0.5) is 0 Å². The summed E-state index contributed by atoms with van der Waals surface area (Å²) in [6, 6.07) is 6.60.